The van der Waals surface area contributed by atoms with Gasteiger partial charge in [0.1, 0.15) is 0 Å². The molecule has 5 aliphatic carbocycles. The molecule has 3 saturated carbocycles. The van der Waals surface area contributed by atoms with Gasteiger partial charge in [-0.05, 0) is 85.2 Å². The van der Waals surface area contributed by atoms with Gasteiger partial charge in [-0.1, -0.05) is 60.1 Å². The molecule has 5 heteroatoms. The molecular weight excluding hydrogens is 470 g/mol. The molecule has 0 N–H and O–H groups in total. The minimum atomic E-state index is -0.623. The van der Waals surface area contributed by atoms with E-state index < -0.39 is 10.8 Å². The topological polar surface area (TPSA) is 56.3 Å². The van der Waals surface area contributed by atoms with E-state index >= 15 is 0 Å². The van der Waals surface area contributed by atoms with Crippen LogP contribution in [0.3, 0.4) is 0 Å². The zero-order chi connectivity index (χ0) is 27.5. The van der Waals surface area contributed by atoms with Crippen molar-refractivity contribution in [3.8, 4) is 0 Å². The summed E-state index contributed by atoms with van der Waals surface area (Å²) in [5.74, 6) is 0.471. The number of rotatable bonds is 1. The maximum atomic E-state index is 14.5. The van der Waals surface area contributed by atoms with Crippen LogP contribution in [0, 0.1) is 51.4 Å². The van der Waals surface area contributed by atoms with Gasteiger partial charge in [-0.15, -0.1) is 0 Å². The molecule has 0 spiro atoms. The third kappa shape index (κ3) is 2.96. The van der Waals surface area contributed by atoms with Gasteiger partial charge in [0.05, 0.1) is 12.1 Å². The van der Waals surface area contributed by atoms with Crippen LogP contribution in [0.15, 0.2) is 41.9 Å². The first-order valence-electron chi connectivity index (χ1n) is 14.6. The van der Waals surface area contributed by atoms with Crippen molar-refractivity contribution in [1.29, 1.82) is 0 Å². The smallest absolute Gasteiger partial charge is 0.226 e. The van der Waals surface area contributed by atoms with Crippen LogP contribution in [0.5, 0.6) is 0 Å². The molecule has 0 aliphatic heterocycles. The fraction of sp³-hybridized carbons (Fsp3) is 0.697. The Labute approximate surface area is 228 Å². The van der Waals surface area contributed by atoms with E-state index in [0.717, 1.165) is 44.9 Å². The van der Waals surface area contributed by atoms with Crippen LogP contribution in [-0.4, -0.2) is 21.3 Å². The normalized spacial score (nSPS) is 44.9. The predicted molar refractivity (Wildman–Crippen MR) is 148 cm³/mol. The first kappa shape index (κ1) is 25.8. The molecule has 0 bridgehead atoms. The van der Waals surface area contributed by atoms with Crippen molar-refractivity contribution in [2.75, 3.05) is 0 Å². The highest BCUT2D eigenvalue weighted by Crippen LogP contribution is 2.74. The summed E-state index contributed by atoms with van der Waals surface area (Å²) in [6, 6.07) is 2.02. The van der Waals surface area contributed by atoms with Crippen LogP contribution >= 0.6 is 0 Å². The summed E-state index contributed by atoms with van der Waals surface area (Å²) in [5, 5.41) is 4.77. The molecular formula is C33H43N3O2. The number of aromatic nitrogens is 2. The number of hydrogen-bond donors (Lipinski definition) is 0. The first-order chi connectivity index (χ1) is 17.7. The third-order valence-electron chi connectivity index (χ3n) is 12.8. The van der Waals surface area contributed by atoms with Gasteiger partial charge < -0.3 is 4.79 Å². The summed E-state index contributed by atoms with van der Waals surface area (Å²) < 4.78 is 2.21. The fourth-order valence-electron chi connectivity index (χ4n) is 10.5. The van der Waals surface area contributed by atoms with Crippen molar-refractivity contribution in [2.45, 2.75) is 99.0 Å². The number of nitrogens with zero attached hydrogens (tertiary/aromatic N) is 3. The van der Waals surface area contributed by atoms with Crippen LogP contribution in [0.1, 0.15) is 93.4 Å². The van der Waals surface area contributed by atoms with Gasteiger partial charge in [-0.3, -0.25) is 9.48 Å². The van der Waals surface area contributed by atoms with Gasteiger partial charge >= 0.3 is 0 Å². The molecule has 0 aromatic carbocycles. The molecule has 5 nitrogen and oxygen atoms in total. The van der Waals surface area contributed by atoms with E-state index in [9.17, 15) is 9.59 Å². The van der Waals surface area contributed by atoms with E-state index in [2.05, 4.69) is 50.3 Å². The Morgan fingerprint density at radius 2 is 1.71 bits per heavy atom. The van der Waals surface area contributed by atoms with Crippen LogP contribution < -0.4 is 0 Å². The lowest BCUT2D eigenvalue weighted by molar-refractivity contribution is -0.169. The average molecular weight is 514 g/mol. The lowest BCUT2D eigenvalue weighted by atomic mass is 9.35. The monoisotopic (exact) mass is 513 g/mol. The number of carbonyl (C=O) groups excluding carboxylic acids is 2. The lowest BCUT2D eigenvalue weighted by Crippen LogP contribution is -2.66. The van der Waals surface area contributed by atoms with Gasteiger partial charge in [0.25, 0.3) is 0 Å². The molecule has 38 heavy (non-hydrogen) atoms. The Morgan fingerprint density at radius 1 is 1.00 bits per heavy atom. The Balaban J connectivity index is 1.54. The van der Waals surface area contributed by atoms with Crippen molar-refractivity contribution in [3.63, 3.8) is 0 Å². The summed E-state index contributed by atoms with van der Waals surface area (Å²) in [6.45, 7) is 23.5. The number of fused-ring (bicyclic) bond motifs is 7. The van der Waals surface area contributed by atoms with Crippen molar-refractivity contribution < 1.29 is 9.59 Å². The highest BCUT2D eigenvalue weighted by atomic mass is 16.1. The summed E-state index contributed by atoms with van der Waals surface area (Å²) in [5.41, 5.74) is 0.0386. The van der Waals surface area contributed by atoms with Crippen molar-refractivity contribution in [1.82, 2.24) is 9.78 Å². The second-order valence-corrected chi connectivity index (χ2v) is 15.3. The van der Waals surface area contributed by atoms with E-state index in [0.29, 0.717) is 0 Å². The SMILES string of the molecule is [C-]#[N+]C1=C[C@]2(C)C3=CC(=O)[C@@H]4[C@@H]5CC(C)(C)CC[C@]5(n5cccn5)CC[C@@]4(C)[C@]3(C)CC[C@H]2C(C)(C)C1=O. The Hall–Kier alpha value is -2.48. The van der Waals surface area contributed by atoms with Crippen molar-refractivity contribution in [3.05, 3.63) is 53.3 Å². The standard InChI is InChI=1S/C33H43N3O2/c1-28(2)12-14-33(36-17-9-16-35-36)15-13-32(7)26(21(33)19-28)23(37)18-25-30(5)20-22(34-8)27(38)29(3,4)24(30)10-11-31(25,32)6/h9,16-18,20-21,24,26H,10-15,19H2,1-7H3/t21-,24-,26-,30-,31+,32+,33-/m0/s1. The number of allylic oxidation sites excluding steroid dienone is 4. The van der Waals surface area contributed by atoms with Crippen LogP contribution in [0.4, 0.5) is 0 Å². The fourth-order valence-corrected chi connectivity index (χ4v) is 10.5. The number of ketones is 2. The number of carbonyl (C=O) groups is 2. The quantitative estimate of drug-likeness (QED) is 0.374. The maximum Gasteiger partial charge on any atom is 0.226 e. The molecule has 1 aromatic heterocycles. The molecule has 6 rings (SSSR count). The number of hydrogen-bond acceptors (Lipinski definition) is 3. The second kappa shape index (κ2) is 7.58. The average Bonchev–Trinajstić information content (AvgIpc) is 3.38. The first-order valence-corrected chi connectivity index (χ1v) is 14.6. The summed E-state index contributed by atoms with van der Waals surface area (Å²) in [4.78, 5) is 31.5. The molecule has 0 saturated heterocycles. The van der Waals surface area contributed by atoms with Crippen molar-refractivity contribution in [2.24, 2.45) is 44.8 Å². The molecule has 1 aromatic rings. The molecule has 1 heterocycles. The van der Waals surface area contributed by atoms with Crippen LogP contribution in [0.25, 0.3) is 4.85 Å². The molecule has 0 radical (unpaired) electrons. The molecule has 0 unspecified atom stereocenters. The van der Waals surface area contributed by atoms with Crippen LogP contribution in [-0.2, 0) is 15.1 Å². The van der Waals surface area contributed by atoms with Gasteiger partial charge in [-0.25, -0.2) is 4.85 Å². The minimum absolute atomic E-state index is 0.0449. The van der Waals surface area contributed by atoms with E-state index in [1.165, 1.54) is 5.57 Å². The maximum absolute atomic E-state index is 14.5. The molecule has 202 valence electrons. The van der Waals surface area contributed by atoms with Gasteiger partial charge in [0, 0.05) is 29.1 Å². The molecule has 3 fully saturated rings. The van der Waals surface area contributed by atoms with E-state index in [-0.39, 0.29) is 56.8 Å². The predicted octanol–water partition coefficient (Wildman–Crippen LogP) is 7.16. The number of Topliss-reactive ketones (excluding diaryl/α,β-unsaturated/α-hetero) is 1. The van der Waals surface area contributed by atoms with E-state index in [1.54, 1.807) is 0 Å². The Morgan fingerprint density at radius 3 is 2.37 bits per heavy atom. The van der Waals surface area contributed by atoms with Crippen molar-refractivity contribution >= 4 is 11.6 Å². The molecule has 7 atom stereocenters. The van der Waals surface area contributed by atoms with E-state index in [1.807, 2.05) is 38.3 Å². The Bertz CT molecular complexity index is 1330. The van der Waals surface area contributed by atoms with Gasteiger partial charge in [-0.2, -0.15) is 5.10 Å². The third-order valence-corrected chi connectivity index (χ3v) is 12.8. The highest BCUT2D eigenvalue weighted by molar-refractivity contribution is 6.03. The minimum Gasteiger partial charge on any atom is -0.307 e. The largest absolute Gasteiger partial charge is 0.307 e. The van der Waals surface area contributed by atoms with E-state index in [4.69, 9.17) is 11.7 Å². The second-order valence-electron chi connectivity index (χ2n) is 15.3. The highest BCUT2D eigenvalue weighted by Gasteiger charge is 2.70. The zero-order valence-electron chi connectivity index (χ0n) is 24.2. The summed E-state index contributed by atoms with van der Waals surface area (Å²) in [6.07, 6.45) is 15.1. The zero-order valence-corrected chi connectivity index (χ0v) is 24.2. The molecule has 0 amide bonds. The van der Waals surface area contributed by atoms with Crippen LogP contribution in [0.2, 0.25) is 0 Å². The van der Waals surface area contributed by atoms with Gasteiger partial charge in [0.15, 0.2) is 11.6 Å². The lowest BCUT2D eigenvalue weighted by Gasteiger charge is -2.69. The summed E-state index contributed by atoms with van der Waals surface area (Å²) in [7, 11) is 0. The van der Waals surface area contributed by atoms with Gasteiger partial charge in [0.2, 0.25) is 5.70 Å². The molecule has 5 aliphatic rings. The summed E-state index contributed by atoms with van der Waals surface area (Å²) >= 11 is 0. The Kier molecular flexibility index (Phi) is 5.14.